The third-order valence-electron chi connectivity index (χ3n) is 5.15. The summed E-state index contributed by atoms with van der Waals surface area (Å²) in [7, 11) is 1.70. The first kappa shape index (κ1) is 16.2. The maximum atomic E-state index is 5.30. The van der Waals surface area contributed by atoms with E-state index in [1.165, 1.54) is 31.5 Å². The minimum atomic E-state index is 0.509. The molecule has 1 unspecified atom stereocenters. The first-order valence-electron chi connectivity index (χ1n) is 9.12. The number of aromatic amines is 1. The van der Waals surface area contributed by atoms with Crippen LogP contribution in [0.15, 0.2) is 48.5 Å². The molecule has 1 aromatic heterocycles. The van der Waals surface area contributed by atoms with Gasteiger partial charge in [-0.3, -0.25) is 0 Å². The number of hydrogen-bond donors (Lipinski definition) is 1. The molecule has 4 heteroatoms. The van der Waals surface area contributed by atoms with Gasteiger partial charge in [-0.1, -0.05) is 30.3 Å². The number of rotatable bonds is 6. The van der Waals surface area contributed by atoms with E-state index in [4.69, 9.17) is 9.72 Å². The summed E-state index contributed by atoms with van der Waals surface area (Å²) in [6.07, 6.45) is 3.56. The lowest BCUT2D eigenvalue weighted by Crippen LogP contribution is -2.22. The quantitative estimate of drug-likeness (QED) is 0.740. The van der Waals surface area contributed by atoms with E-state index < -0.39 is 0 Å². The van der Waals surface area contributed by atoms with Gasteiger partial charge in [-0.05, 0) is 50.0 Å². The van der Waals surface area contributed by atoms with Crippen molar-refractivity contribution in [2.24, 2.45) is 0 Å². The van der Waals surface area contributed by atoms with Gasteiger partial charge < -0.3 is 14.6 Å². The zero-order valence-electron chi connectivity index (χ0n) is 14.7. The van der Waals surface area contributed by atoms with Crippen LogP contribution in [0.5, 0.6) is 5.75 Å². The van der Waals surface area contributed by atoms with Crippen molar-refractivity contribution >= 4 is 11.0 Å². The van der Waals surface area contributed by atoms with E-state index in [0.717, 1.165) is 35.6 Å². The number of ether oxygens (including phenoxy) is 1. The molecule has 0 spiro atoms. The SMILES string of the molecule is COc1ccc2nc(C3CCN(CCCc4ccccc4)C3)[nH]c2c1. The number of likely N-dealkylation sites (tertiary alicyclic amines) is 1. The third-order valence-corrected chi connectivity index (χ3v) is 5.15. The van der Waals surface area contributed by atoms with Crippen LogP contribution in [0.25, 0.3) is 11.0 Å². The second-order valence-electron chi connectivity index (χ2n) is 6.88. The van der Waals surface area contributed by atoms with E-state index in [1.807, 2.05) is 18.2 Å². The van der Waals surface area contributed by atoms with E-state index in [1.54, 1.807) is 7.11 Å². The molecular weight excluding hydrogens is 310 g/mol. The maximum Gasteiger partial charge on any atom is 0.121 e. The monoisotopic (exact) mass is 335 g/mol. The normalized spacial score (nSPS) is 18.0. The zero-order chi connectivity index (χ0) is 17.1. The number of methoxy groups -OCH3 is 1. The maximum absolute atomic E-state index is 5.30. The molecule has 2 heterocycles. The number of benzene rings is 2. The average molecular weight is 335 g/mol. The largest absolute Gasteiger partial charge is 0.497 e. The predicted molar refractivity (Wildman–Crippen MR) is 101 cm³/mol. The van der Waals surface area contributed by atoms with Gasteiger partial charge in [0.1, 0.15) is 11.6 Å². The summed E-state index contributed by atoms with van der Waals surface area (Å²) in [4.78, 5) is 10.9. The molecule has 2 aromatic carbocycles. The van der Waals surface area contributed by atoms with E-state index in [0.29, 0.717) is 5.92 Å². The smallest absolute Gasteiger partial charge is 0.121 e. The van der Waals surface area contributed by atoms with Gasteiger partial charge in [0, 0.05) is 18.5 Å². The Morgan fingerprint density at radius 1 is 1.20 bits per heavy atom. The molecule has 1 N–H and O–H groups in total. The summed E-state index contributed by atoms with van der Waals surface area (Å²) >= 11 is 0. The highest BCUT2D eigenvalue weighted by Gasteiger charge is 2.25. The zero-order valence-corrected chi connectivity index (χ0v) is 14.7. The second-order valence-corrected chi connectivity index (χ2v) is 6.88. The van der Waals surface area contributed by atoms with Gasteiger partial charge in [0.2, 0.25) is 0 Å². The van der Waals surface area contributed by atoms with Crippen LogP contribution < -0.4 is 4.74 Å². The number of nitrogens with one attached hydrogen (secondary N) is 1. The molecule has 130 valence electrons. The summed E-state index contributed by atoms with van der Waals surface area (Å²) in [5.74, 6) is 2.50. The first-order chi connectivity index (χ1) is 12.3. The molecule has 3 aromatic rings. The van der Waals surface area contributed by atoms with Gasteiger partial charge >= 0.3 is 0 Å². The molecule has 4 nitrogen and oxygen atoms in total. The van der Waals surface area contributed by atoms with Crippen LogP contribution in [0, 0.1) is 0 Å². The first-order valence-corrected chi connectivity index (χ1v) is 9.12. The van der Waals surface area contributed by atoms with Gasteiger partial charge in [-0.25, -0.2) is 4.98 Å². The number of nitrogens with zero attached hydrogens (tertiary/aromatic N) is 2. The highest BCUT2D eigenvalue weighted by molar-refractivity contribution is 5.76. The van der Waals surface area contributed by atoms with Crippen molar-refractivity contribution in [1.82, 2.24) is 14.9 Å². The van der Waals surface area contributed by atoms with Crippen LogP contribution in [0.1, 0.15) is 30.1 Å². The minimum Gasteiger partial charge on any atom is -0.497 e. The van der Waals surface area contributed by atoms with Gasteiger partial charge in [-0.2, -0.15) is 0 Å². The van der Waals surface area contributed by atoms with E-state index in [2.05, 4.69) is 40.2 Å². The number of aryl methyl sites for hydroxylation is 1. The van der Waals surface area contributed by atoms with Gasteiger partial charge in [0.25, 0.3) is 0 Å². The minimum absolute atomic E-state index is 0.509. The molecule has 0 radical (unpaired) electrons. The Morgan fingerprint density at radius 3 is 2.92 bits per heavy atom. The molecule has 4 rings (SSSR count). The van der Waals surface area contributed by atoms with E-state index in [-0.39, 0.29) is 0 Å². The molecule has 1 aliphatic rings. The van der Waals surface area contributed by atoms with Gasteiger partial charge in [0.05, 0.1) is 18.1 Å². The summed E-state index contributed by atoms with van der Waals surface area (Å²) in [6.45, 7) is 3.44. The fraction of sp³-hybridized carbons (Fsp3) is 0.381. The van der Waals surface area contributed by atoms with Crippen molar-refractivity contribution in [1.29, 1.82) is 0 Å². The molecule has 1 aliphatic heterocycles. The summed E-state index contributed by atoms with van der Waals surface area (Å²) in [6, 6.07) is 16.8. The molecule has 25 heavy (non-hydrogen) atoms. The number of imidazole rings is 1. The predicted octanol–water partition coefficient (Wildman–Crippen LogP) is 3.99. The lowest BCUT2D eigenvalue weighted by atomic mass is 10.1. The number of aromatic nitrogens is 2. The number of fused-ring (bicyclic) bond motifs is 1. The Hall–Kier alpha value is -2.33. The van der Waals surface area contributed by atoms with E-state index >= 15 is 0 Å². The average Bonchev–Trinajstić information content (AvgIpc) is 3.28. The Bertz CT molecular complexity index is 828. The summed E-state index contributed by atoms with van der Waals surface area (Å²) in [5, 5.41) is 0. The fourth-order valence-corrected chi connectivity index (χ4v) is 3.74. The van der Waals surface area contributed by atoms with Gasteiger partial charge in [-0.15, -0.1) is 0 Å². The van der Waals surface area contributed by atoms with Gasteiger partial charge in [0.15, 0.2) is 0 Å². The lowest BCUT2D eigenvalue weighted by Gasteiger charge is -2.15. The molecule has 0 saturated carbocycles. The Balaban J connectivity index is 1.34. The molecular formula is C21H25N3O. The molecule has 1 fully saturated rings. The topological polar surface area (TPSA) is 41.1 Å². The van der Waals surface area contributed by atoms with Crippen molar-refractivity contribution in [2.75, 3.05) is 26.7 Å². The lowest BCUT2D eigenvalue weighted by molar-refractivity contribution is 0.328. The second kappa shape index (κ2) is 7.28. The van der Waals surface area contributed by atoms with Crippen molar-refractivity contribution < 1.29 is 4.74 Å². The molecule has 0 amide bonds. The number of H-pyrrole nitrogens is 1. The Labute approximate surface area is 148 Å². The van der Waals surface area contributed by atoms with Crippen LogP contribution in [0.3, 0.4) is 0 Å². The van der Waals surface area contributed by atoms with Crippen LogP contribution in [0.2, 0.25) is 0 Å². The highest BCUT2D eigenvalue weighted by atomic mass is 16.5. The standard InChI is InChI=1S/C21H25N3O/c1-25-18-9-10-19-20(14-18)23-21(22-19)17-11-13-24(15-17)12-5-8-16-6-3-2-4-7-16/h2-4,6-7,9-10,14,17H,5,8,11-13,15H2,1H3,(H,22,23). The molecule has 1 saturated heterocycles. The van der Waals surface area contributed by atoms with Crippen molar-refractivity contribution in [3.63, 3.8) is 0 Å². The fourth-order valence-electron chi connectivity index (χ4n) is 3.74. The summed E-state index contributed by atoms with van der Waals surface area (Å²) < 4.78 is 5.30. The van der Waals surface area contributed by atoms with Crippen LogP contribution in [-0.2, 0) is 6.42 Å². The summed E-state index contributed by atoms with van der Waals surface area (Å²) in [5.41, 5.74) is 3.53. The van der Waals surface area contributed by atoms with E-state index in [9.17, 15) is 0 Å². The van der Waals surface area contributed by atoms with Crippen LogP contribution in [0.4, 0.5) is 0 Å². The molecule has 0 bridgehead atoms. The molecule has 0 aliphatic carbocycles. The van der Waals surface area contributed by atoms with Crippen molar-refractivity contribution in [3.8, 4) is 5.75 Å². The molecule has 1 atom stereocenters. The Kier molecular flexibility index (Phi) is 4.70. The van der Waals surface area contributed by atoms with Crippen LogP contribution in [-0.4, -0.2) is 41.6 Å². The van der Waals surface area contributed by atoms with Crippen molar-refractivity contribution in [3.05, 3.63) is 59.9 Å². The highest BCUT2D eigenvalue weighted by Crippen LogP contribution is 2.28. The van der Waals surface area contributed by atoms with Crippen LogP contribution >= 0.6 is 0 Å². The Morgan fingerprint density at radius 2 is 2.08 bits per heavy atom. The number of hydrogen-bond acceptors (Lipinski definition) is 3. The van der Waals surface area contributed by atoms with Crippen molar-refractivity contribution in [2.45, 2.75) is 25.2 Å². The third kappa shape index (κ3) is 3.69.